The Morgan fingerprint density at radius 1 is 1.17 bits per heavy atom. The Bertz CT molecular complexity index is 1040. The molecule has 1 unspecified atom stereocenters. The maximum atomic E-state index is 5.87. The van der Waals surface area contributed by atoms with Crippen molar-refractivity contribution in [3.63, 3.8) is 0 Å². The summed E-state index contributed by atoms with van der Waals surface area (Å²) in [6.07, 6.45) is 0.214. The fraction of sp³-hybridized carbons (Fsp3) is 0.364. The molecular weight excluding hydrogens is 384 g/mol. The molecule has 0 bridgehead atoms. The van der Waals surface area contributed by atoms with Gasteiger partial charge in [-0.05, 0) is 50.3 Å². The molecule has 29 heavy (non-hydrogen) atoms. The minimum absolute atomic E-state index is 0.214. The van der Waals surface area contributed by atoms with Gasteiger partial charge in [-0.3, -0.25) is 9.47 Å². The Morgan fingerprint density at radius 3 is 2.66 bits per heavy atom. The van der Waals surface area contributed by atoms with E-state index in [9.17, 15) is 0 Å². The molecule has 6 nitrogen and oxygen atoms in total. The molecule has 4 rings (SSSR count). The molecule has 1 aliphatic rings. The van der Waals surface area contributed by atoms with Crippen molar-refractivity contribution in [3.05, 3.63) is 58.9 Å². The molecular formula is C22H26N4O2S. The molecule has 0 aliphatic carbocycles. The molecule has 0 spiro atoms. The van der Waals surface area contributed by atoms with Gasteiger partial charge in [0.25, 0.3) is 0 Å². The van der Waals surface area contributed by atoms with E-state index in [1.165, 1.54) is 5.56 Å². The SMILES string of the molecule is COc1ccccc1-c1nn(CN2CCOC(C)C2)c(=S)n1-c1ccc(C)cc1. The van der Waals surface area contributed by atoms with Crippen molar-refractivity contribution in [3.8, 4) is 22.8 Å². The molecule has 2 aromatic carbocycles. The van der Waals surface area contributed by atoms with Crippen LogP contribution in [0.2, 0.25) is 0 Å². The smallest absolute Gasteiger partial charge is 0.204 e. The van der Waals surface area contributed by atoms with Crippen LogP contribution in [-0.4, -0.2) is 52.2 Å². The van der Waals surface area contributed by atoms with Crippen LogP contribution in [0.25, 0.3) is 17.1 Å². The third-order valence-electron chi connectivity index (χ3n) is 5.14. The first-order valence-electron chi connectivity index (χ1n) is 9.81. The fourth-order valence-electron chi connectivity index (χ4n) is 3.64. The maximum absolute atomic E-state index is 5.87. The second kappa shape index (κ2) is 8.49. The largest absolute Gasteiger partial charge is 0.496 e. The summed E-state index contributed by atoms with van der Waals surface area (Å²) in [5.41, 5.74) is 3.10. The number of morpholine rings is 1. The van der Waals surface area contributed by atoms with Gasteiger partial charge in [0.2, 0.25) is 4.77 Å². The van der Waals surface area contributed by atoms with Crippen molar-refractivity contribution in [1.29, 1.82) is 0 Å². The molecule has 1 atom stereocenters. The van der Waals surface area contributed by atoms with E-state index in [1.54, 1.807) is 7.11 Å². The summed E-state index contributed by atoms with van der Waals surface area (Å²) in [6, 6.07) is 16.2. The van der Waals surface area contributed by atoms with Gasteiger partial charge in [0.15, 0.2) is 5.82 Å². The van der Waals surface area contributed by atoms with Gasteiger partial charge >= 0.3 is 0 Å². The van der Waals surface area contributed by atoms with Gasteiger partial charge in [-0.25, -0.2) is 4.68 Å². The number of hydrogen-bond donors (Lipinski definition) is 0. The van der Waals surface area contributed by atoms with Gasteiger partial charge < -0.3 is 9.47 Å². The van der Waals surface area contributed by atoms with Crippen LogP contribution in [-0.2, 0) is 11.4 Å². The molecule has 2 heterocycles. The lowest BCUT2D eigenvalue weighted by atomic mass is 10.1. The fourth-order valence-corrected chi connectivity index (χ4v) is 3.93. The Hall–Kier alpha value is -2.48. The molecule has 152 valence electrons. The second-order valence-corrected chi connectivity index (χ2v) is 7.74. The Balaban J connectivity index is 1.82. The highest BCUT2D eigenvalue weighted by Gasteiger charge is 2.21. The van der Waals surface area contributed by atoms with E-state index in [1.807, 2.05) is 33.5 Å². The Kier molecular flexibility index (Phi) is 5.80. The van der Waals surface area contributed by atoms with E-state index in [0.717, 1.165) is 42.5 Å². The molecule has 7 heteroatoms. The van der Waals surface area contributed by atoms with E-state index in [4.69, 9.17) is 26.8 Å². The number of hydrogen-bond acceptors (Lipinski definition) is 5. The number of para-hydroxylation sites is 1. The summed E-state index contributed by atoms with van der Waals surface area (Å²) in [4.78, 5) is 2.32. The minimum Gasteiger partial charge on any atom is -0.496 e. The Labute approximate surface area is 176 Å². The van der Waals surface area contributed by atoms with E-state index in [-0.39, 0.29) is 6.10 Å². The number of benzene rings is 2. The predicted octanol–water partition coefficient (Wildman–Crippen LogP) is 4.07. The molecule has 0 saturated carbocycles. The first-order valence-corrected chi connectivity index (χ1v) is 10.2. The van der Waals surface area contributed by atoms with Crippen LogP contribution in [0.1, 0.15) is 12.5 Å². The van der Waals surface area contributed by atoms with Crippen LogP contribution in [0, 0.1) is 11.7 Å². The molecule has 3 aromatic rings. The van der Waals surface area contributed by atoms with Crippen molar-refractivity contribution < 1.29 is 9.47 Å². The first-order chi connectivity index (χ1) is 14.1. The zero-order valence-electron chi connectivity index (χ0n) is 17.0. The topological polar surface area (TPSA) is 44.4 Å². The first kappa shape index (κ1) is 19.8. The summed E-state index contributed by atoms with van der Waals surface area (Å²) < 4.78 is 15.8. The lowest BCUT2D eigenvalue weighted by molar-refractivity contribution is -0.0306. The summed E-state index contributed by atoms with van der Waals surface area (Å²) in [7, 11) is 1.68. The highest BCUT2D eigenvalue weighted by molar-refractivity contribution is 7.71. The highest BCUT2D eigenvalue weighted by atomic mass is 32.1. The molecule has 0 radical (unpaired) electrons. The van der Waals surface area contributed by atoms with Crippen LogP contribution >= 0.6 is 12.2 Å². The van der Waals surface area contributed by atoms with Crippen molar-refractivity contribution in [1.82, 2.24) is 19.2 Å². The molecule has 1 aromatic heterocycles. The maximum Gasteiger partial charge on any atom is 0.204 e. The normalized spacial score (nSPS) is 17.4. The second-order valence-electron chi connectivity index (χ2n) is 7.38. The monoisotopic (exact) mass is 410 g/mol. The summed E-state index contributed by atoms with van der Waals surface area (Å²) >= 11 is 5.87. The van der Waals surface area contributed by atoms with Crippen molar-refractivity contribution in [2.75, 3.05) is 26.8 Å². The molecule has 1 saturated heterocycles. The molecule has 0 N–H and O–H groups in total. The average molecular weight is 411 g/mol. The van der Waals surface area contributed by atoms with Crippen LogP contribution in [0.5, 0.6) is 5.75 Å². The lowest BCUT2D eigenvalue weighted by Gasteiger charge is -2.30. The Morgan fingerprint density at radius 2 is 1.93 bits per heavy atom. The van der Waals surface area contributed by atoms with E-state index < -0.39 is 0 Å². The third kappa shape index (κ3) is 4.12. The zero-order valence-corrected chi connectivity index (χ0v) is 17.9. The van der Waals surface area contributed by atoms with Crippen LogP contribution < -0.4 is 4.74 Å². The number of aromatic nitrogens is 3. The van der Waals surface area contributed by atoms with E-state index in [2.05, 4.69) is 43.0 Å². The zero-order chi connectivity index (χ0) is 20.4. The van der Waals surface area contributed by atoms with Crippen LogP contribution in [0.15, 0.2) is 48.5 Å². The summed E-state index contributed by atoms with van der Waals surface area (Å²) in [5, 5.41) is 4.92. The quantitative estimate of drug-likeness (QED) is 0.594. The van der Waals surface area contributed by atoms with Gasteiger partial charge in [-0.1, -0.05) is 29.8 Å². The number of ether oxygens (including phenoxy) is 2. The van der Waals surface area contributed by atoms with Crippen molar-refractivity contribution in [2.45, 2.75) is 26.6 Å². The van der Waals surface area contributed by atoms with Gasteiger partial charge in [0.1, 0.15) is 5.75 Å². The summed E-state index contributed by atoms with van der Waals surface area (Å²) in [5.74, 6) is 1.55. The number of rotatable bonds is 5. The highest BCUT2D eigenvalue weighted by Crippen LogP contribution is 2.30. The van der Waals surface area contributed by atoms with E-state index >= 15 is 0 Å². The van der Waals surface area contributed by atoms with Gasteiger partial charge in [-0.15, -0.1) is 5.10 Å². The predicted molar refractivity (Wildman–Crippen MR) is 116 cm³/mol. The molecule has 1 aliphatic heterocycles. The minimum atomic E-state index is 0.214. The van der Waals surface area contributed by atoms with E-state index in [0.29, 0.717) is 11.4 Å². The van der Waals surface area contributed by atoms with Gasteiger partial charge in [0, 0.05) is 18.8 Å². The van der Waals surface area contributed by atoms with Crippen LogP contribution in [0.3, 0.4) is 0 Å². The van der Waals surface area contributed by atoms with Crippen molar-refractivity contribution in [2.24, 2.45) is 0 Å². The average Bonchev–Trinajstić information content (AvgIpc) is 3.04. The number of aryl methyl sites for hydroxylation is 1. The van der Waals surface area contributed by atoms with Crippen molar-refractivity contribution >= 4 is 12.2 Å². The summed E-state index contributed by atoms with van der Waals surface area (Å²) in [6.45, 7) is 7.26. The van der Waals surface area contributed by atoms with Gasteiger partial charge in [0.05, 0.1) is 32.1 Å². The standard InChI is InChI=1S/C22H26N4O2S/c1-16-8-10-18(11-9-16)26-21(19-6-4-5-7-20(19)27-3)23-25(22(26)29)15-24-12-13-28-17(2)14-24/h4-11,17H,12-15H2,1-3H3. The number of nitrogens with zero attached hydrogens (tertiary/aromatic N) is 4. The van der Waals surface area contributed by atoms with Crippen LogP contribution in [0.4, 0.5) is 0 Å². The lowest BCUT2D eigenvalue weighted by Crippen LogP contribution is -2.42. The molecule has 1 fully saturated rings. The molecule has 0 amide bonds. The third-order valence-corrected chi connectivity index (χ3v) is 5.53. The van der Waals surface area contributed by atoms with Gasteiger partial charge in [-0.2, -0.15) is 0 Å². The number of methoxy groups -OCH3 is 1.